The summed E-state index contributed by atoms with van der Waals surface area (Å²) in [7, 11) is 0. The van der Waals surface area contributed by atoms with Gasteiger partial charge in [0.2, 0.25) is 0 Å². The molecule has 1 aromatic rings. The van der Waals surface area contributed by atoms with Gasteiger partial charge in [-0.1, -0.05) is 29.6 Å². The first-order valence-corrected chi connectivity index (χ1v) is 7.86. The fourth-order valence-corrected chi connectivity index (χ4v) is 3.64. The summed E-state index contributed by atoms with van der Waals surface area (Å²) in [6.07, 6.45) is 4.81. The zero-order valence-corrected chi connectivity index (χ0v) is 11.6. The van der Waals surface area contributed by atoms with Gasteiger partial charge in [0, 0.05) is 23.2 Å². The number of benzene rings is 1. The van der Waals surface area contributed by atoms with Gasteiger partial charge >= 0.3 is 0 Å². The predicted octanol–water partition coefficient (Wildman–Crippen LogP) is 3.83. The first-order valence-electron chi connectivity index (χ1n) is 5.80. The molecule has 0 atom stereocenters. The number of hydrogen-bond donors (Lipinski definition) is 0. The van der Waals surface area contributed by atoms with Gasteiger partial charge in [0.05, 0.1) is 0 Å². The molecule has 3 heteroatoms. The van der Waals surface area contributed by atoms with Crippen LogP contribution in [-0.4, -0.2) is 28.9 Å². The SMILES string of the molecule is CSN1CCC(Sc2ccc(C)cc2)CC1. The minimum absolute atomic E-state index is 0.811. The van der Waals surface area contributed by atoms with Crippen molar-refractivity contribution in [1.29, 1.82) is 0 Å². The molecule has 0 spiro atoms. The number of thioether (sulfide) groups is 1. The highest BCUT2D eigenvalue weighted by atomic mass is 32.2. The van der Waals surface area contributed by atoms with Gasteiger partial charge in [0.15, 0.2) is 0 Å². The van der Waals surface area contributed by atoms with E-state index in [1.165, 1.54) is 36.4 Å². The standard InChI is InChI=1S/C13H19NS2/c1-11-3-5-12(6-4-11)16-13-7-9-14(15-2)10-8-13/h3-6,13H,7-10H2,1-2H3. The molecule has 0 saturated carbocycles. The molecule has 0 bridgehead atoms. The van der Waals surface area contributed by atoms with E-state index < -0.39 is 0 Å². The highest BCUT2D eigenvalue weighted by Crippen LogP contribution is 2.31. The Bertz CT molecular complexity index is 315. The van der Waals surface area contributed by atoms with Crippen LogP contribution in [0.2, 0.25) is 0 Å². The molecule has 0 amide bonds. The first-order chi connectivity index (χ1) is 7.78. The second kappa shape index (κ2) is 5.99. The topological polar surface area (TPSA) is 3.24 Å². The quantitative estimate of drug-likeness (QED) is 0.754. The van der Waals surface area contributed by atoms with Crippen molar-refractivity contribution in [3.63, 3.8) is 0 Å². The Morgan fingerprint density at radius 2 is 1.75 bits per heavy atom. The molecule has 0 aliphatic carbocycles. The van der Waals surface area contributed by atoms with Crippen molar-refractivity contribution in [2.24, 2.45) is 0 Å². The summed E-state index contributed by atoms with van der Waals surface area (Å²) >= 11 is 3.93. The molecule has 88 valence electrons. The molecule has 1 aliphatic rings. The second-order valence-electron chi connectivity index (χ2n) is 4.24. The average molecular weight is 253 g/mol. The van der Waals surface area contributed by atoms with Gasteiger partial charge in [-0.25, -0.2) is 0 Å². The first kappa shape index (κ1) is 12.3. The normalized spacial score (nSPS) is 18.9. The van der Waals surface area contributed by atoms with Crippen LogP contribution < -0.4 is 0 Å². The molecule has 16 heavy (non-hydrogen) atoms. The Balaban J connectivity index is 1.84. The summed E-state index contributed by atoms with van der Waals surface area (Å²) in [6.45, 7) is 4.63. The van der Waals surface area contributed by atoms with Crippen LogP contribution in [0.15, 0.2) is 29.2 Å². The van der Waals surface area contributed by atoms with Gasteiger partial charge in [0.25, 0.3) is 0 Å². The van der Waals surface area contributed by atoms with Crippen LogP contribution in [0.3, 0.4) is 0 Å². The fraction of sp³-hybridized carbons (Fsp3) is 0.538. The van der Waals surface area contributed by atoms with E-state index in [1.54, 1.807) is 0 Å². The summed E-state index contributed by atoms with van der Waals surface area (Å²) < 4.78 is 2.46. The summed E-state index contributed by atoms with van der Waals surface area (Å²) in [5, 5.41) is 0.811. The lowest BCUT2D eigenvalue weighted by molar-refractivity contribution is 0.389. The van der Waals surface area contributed by atoms with E-state index in [-0.39, 0.29) is 0 Å². The Morgan fingerprint density at radius 1 is 1.12 bits per heavy atom. The van der Waals surface area contributed by atoms with Crippen molar-refractivity contribution >= 4 is 23.7 Å². The predicted molar refractivity (Wildman–Crippen MR) is 75.1 cm³/mol. The monoisotopic (exact) mass is 253 g/mol. The average Bonchev–Trinajstić information content (AvgIpc) is 2.33. The molecule has 0 aromatic heterocycles. The van der Waals surface area contributed by atoms with E-state index in [0.29, 0.717) is 0 Å². The molecule has 2 rings (SSSR count). The molecular weight excluding hydrogens is 234 g/mol. The van der Waals surface area contributed by atoms with Gasteiger partial charge in [-0.2, -0.15) is 0 Å². The lowest BCUT2D eigenvalue weighted by Gasteiger charge is -2.29. The van der Waals surface area contributed by atoms with Crippen LogP contribution in [0.25, 0.3) is 0 Å². The van der Waals surface area contributed by atoms with Crippen LogP contribution in [0.5, 0.6) is 0 Å². The summed E-state index contributed by atoms with van der Waals surface area (Å²) in [4.78, 5) is 1.42. The van der Waals surface area contributed by atoms with Gasteiger partial charge in [-0.05, 0) is 38.2 Å². The number of rotatable bonds is 3. The number of nitrogens with zero attached hydrogens (tertiary/aromatic N) is 1. The van der Waals surface area contributed by atoms with Crippen molar-refractivity contribution in [2.45, 2.75) is 29.9 Å². The molecule has 1 heterocycles. The van der Waals surface area contributed by atoms with E-state index in [2.05, 4.69) is 41.8 Å². The molecular formula is C13H19NS2. The molecule has 1 nitrogen and oxygen atoms in total. The number of aryl methyl sites for hydroxylation is 1. The van der Waals surface area contributed by atoms with E-state index >= 15 is 0 Å². The van der Waals surface area contributed by atoms with Gasteiger partial charge in [-0.15, -0.1) is 11.8 Å². The number of hydrogen-bond acceptors (Lipinski definition) is 3. The fourth-order valence-electron chi connectivity index (χ4n) is 1.94. The van der Waals surface area contributed by atoms with Crippen LogP contribution in [0.1, 0.15) is 18.4 Å². The second-order valence-corrected chi connectivity index (χ2v) is 6.50. The maximum Gasteiger partial charge on any atom is 0.0119 e. The third-order valence-electron chi connectivity index (χ3n) is 2.98. The lowest BCUT2D eigenvalue weighted by atomic mass is 10.2. The molecule has 0 radical (unpaired) electrons. The molecule has 0 N–H and O–H groups in total. The van der Waals surface area contributed by atoms with Crippen molar-refractivity contribution < 1.29 is 0 Å². The third-order valence-corrected chi connectivity index (χ3v) is 5.21. The van der Waals surface area contributed by atoms with Crippen LogP contribution in [0.4, 0.5) is 0 Å². The molecule has 1 aliphatic heterocycles. The zero-order valence-electron chi connectivity index (χ0n) is 9.98. The summed E-state index contributed by atoms with van der Waals surface area (Å²) in [5.74, 6) is 0. The van der Waals surface area contributed by atoms with Crippen molar-refractivity contribution in [3.05, 3.63) is 29.8 Å². The highest BCUT2D eigenvalue weighted by molar-refractivity contribution is 8.00. The smallest absolute Gasteiger partial charge is 0.0119 e. The van der Waals surface area contributed by atoms with Gasteiger partial charge in [-0.3, -0.25) is 4.31 Å². The Kier molecular flexibility index (Phi) is 4.62. The number of piperidine rings is 1. The molecule has 0 unspecified atom stereocenters. The van der Waals surface area contributed by atoms with Gasteiger partial charge in [0.1, 0.15) is 0 Å². The van der Waals surface area contributed by atoms with Crippen LogP contribution in [-0.2, 0) is 0 Å². The van der Waals surface area contributed by atoms with E-state index in [4.69, 9.17) is 0 Å². The Hall–Kier alpha value is -0.120. The van der Waals surface area contributed by atoms with Crippen LogP contribution in [0, 0.1) is 6.92 Å². The third kappa shape index (κ3) is 3.44. The van der Waals surface area contributed by atoms with Crippen LogP contribution >= 0.6 is 23.7 Å². The largest absolute Gasteiger partial charge is 0.251 e. The van der Waals surface area contributed by atoms with Crippen molar-refractivity contribution in [1.82, 2.24) is 4.31 Å². The minimum atomic E-state index is 0.811. The van der Waals surface area contributed by atoms with E-state index in [9.17, 15) is 0 Å². The Morgan fingerprint density at radius 3 is 2.31 bits per heavy atom. The van der Waals surface area contributed by atoms with E-state index in [0.717, 1.165) is 5.25 Å². The molecule has 1 aromatic carbocycles. The molecule has 1 saturated heterocycles. The van der Waals surface area contributed by atoms with E-state index in [1.807, 2.05) is 23.7 Å². The summed E-state index contributed by atoms with van der Waals surface area (Å²) in [6, 6.07) is 8.92. The zero-order chi connectivity index (χ0) is 11.4. The maximum absolute atomic E-state index is 2.46. The molecule has 1 fully saturated rings. The minimum Gasteiger partial charge on any atom is -0.251 e. The van der Waals surface area contributed by atoms with Crippen molar-refractivity contribution in [3.8, 4) is 0 Å². The van der Waals surface area contributed by atoms with Crippen molar-refractivity contribution in [2.75, 3.05) is 19.3 Å². The summed E-state index contributed by atoms with van der Waals surface area (Å²) in [5.41, 5.74) is 1.35. The highest BCUT2D eigenvalue weighted by Gasteiger charge is 2.19. The lowest BCUT2D eigenvalue weighted by Crippen LogP contribution is -2.29. The Labute approximate surface area is 107 Å². The van der Waals surface area contributed by atoms with Gasteiger partial charge < -0.3 is 0 Å². The maximum atomic E-state index is 2.46.